The predicted octanol–water partition coefficient (Wildman–Crippen LogP) is 5.94. The second-order valence-electron chi connectivity index (χ2n) is 10.0. The highest BCUT2D eigenvalue weighted by Crippen LogP contribution is 2.41. The van der Waals surface area contributed by atoms with Crippen molar-refractivity contribution in [3.63, 3.8) is 0 Å². The first-order valence-electron chi connectivity index (χ1n) is 12.8. The van der Waals surface area contributed by atoms with Crippen LogP contribution in [0.1, 0.15) is 86.6 Å². The maximum absolute atomic E-state index is 10.7. The van der Waals surface area contributed by atoms with Crippen molar-refractivity contribution in [2.45, 2.75) is 89.8 Å². The lowest BCUT2D eigenvalue weighted by atomic mass is 9.70. The Balaban J connectivity index is 1.80. The number of hydrogen-bond donors (Lipinski definition) is 3. The molecule has 0 aromatic heterocycles. The number of carboxylic acid groups (broad SMARTS) is 1. The van der Waals surface area contributed by atoms with E-state index in [0.29, 0.717) is 5.75 Å². The normalized spacial score (nSPS) is 16.2. The first-order chi connectivity index (χ1) is 16.6. The quantitative estimate of drug-likeness (QED) is 0.350. The molecule has 1 atom stereocenters. The van der Waals surface area contributed by atoms with E-state index in [1.807, 2.05) is 19.1 Å². The summed E-state index contributed by atoms with van der Waals surface area (Å²) < 4.78 is 5.80. The van der Waals surface area contributed by atoms with Gasteiger partial charge < -0.3 is 20.1 Å². The Hall–Kier alpha value is -2.63. The number of ether oxygens (including phenoxy) is 1. The molecule has 190 valence electrons. The highest BCUT2D eigenvalue weighted by Gasteiger charge is 2.32. The third-order valence-electron chi connectivity index (χ3n) is 7.67. The van der Waals surface area contributed by atoms with Gasteiger partial charge in [0.05, 0.1) is 11.7 Å². The van der Waals surface area contributed by atoms with Gasteiger partial charge in [0.2, 0.25) is 0 Å². The fraction of sp³-hybridized carbons (Fsp3) is 0.500. The van der Waals surface area contributed by atoms with Crippen molar-refractivity contribution in [3.8, 4) is 5.75 Å². The Kier molecular flexibility index (Phi) is 8.79. The van der Waals surface area contributed by atoms with Crippen LogP contribution in [0.4, 0.5) is 0 Å². The summed E-state index contributed by atoms with van der Waals surface area (Å²) in [4.78, 5) is 10.7. The van der Waals surface area contributed by atoms with Crippen LogP contribution in [0.25, 0.3) is 6.08 Å². The second kappa shape index (κ2) is 11.4. The van der Waals surface area contributed by atoms with Crippen LogP contribution in [0.2, 0.25) is 0 Å². The smallest absolute Gasteiger partial charge is 0.303 e. The molecule has 5 heteroatoms. The van der Waals surface area contributed by atoms with Gasteiger partial charge in [-0.05, 0) is 86.3 Å². The van der Waals surface area contributed by atoms with E-state index in [0.717, 1.165) is 43.2 Å². The fourth-order valence-corrected chi connectivity index (χ4v) is 5.01. The number of aliphatic carboxylic acids is 1. The van der Waals surface area contributed by atoms with Gasteiger partial charge in [-0.15, -0.1) is 0 Å². The Morgan fingerprint density at radius 2 is 1.71 bits per heavy atom. The van der Waals surface area contributed by atoms with E-state index in [1.165, 1.54) is 16.7 Å². The van der Waals surface area contributed by atoms with Crippen LogP contribution in [-0.4, -0.2) is 39.6 Å². The Bertz CT molecular complexity index is 1050. The third kappa shape index (κ3) is 6.33. The average Bonchev–Trinajstić information content (AvgIpc) is 2.81. The Labute approximate surface area is 209 Å². The van der Waals surface area contributed by atoms with Crippen molar-refractivity contribution < 1.29 is 24.9 Å². The molecule has 1 unspecified atom stereocenters. The van der Waals surface area contributed by atoms with Crippen LogP contribution >= 0.6 is 0 Å². The largest absolute Gasteiger partial charge is 0.491 e. The zero-order valence-corrected chi connectivity index (χ0v) is 21.5. The molecule has 2 aromatic carbocycles. The number of carboxylic acids is 1. The van der Waals surface area contributed by atoms with Crippen LogP contribution in [0.5, 0.6) is 5.75 Å². The summed E-state index contributed by atoms with van der Waals surface area (Å²) in [7, 11) is 0. The van der Waals surface area contributed by atoms with Crippen molar-refractivity contribution in [1.29, 1.82) is 0 Å². The number of rotatable bonds is 12. The fourth-order valence-electron chi connectivity index (χ4n) is 5.01. The number of hydrogen-bond acceptors (Lipinski definition) is 4. The van der Waals surface area contributed by atoms with Crippen LogP contribution in [-0.2, 0) is 10.2 Å². The summed E-state index contributed by atoms with van der Waals surface area (Å²) in [5, 5.41) is 29.2. The van der Waals surface area contributed by atoms with Crippen molar-refractivity contribution >= 4 is 12.0 Å². The molecule has 1 aliphatic rings. The Morgan fingerprint density at radius 1 is 1.09 bits per heavy atom. The number of aliphatic hydroxyl groups is 2. The lowest BCUT2D eigenvalue weighted by molar-refractivity contribution is -0.137. The number of aryl methyl sites for hydroxylation is 2. The third-order valence-corrected chi connectivity index (χ3v) is 7.67. The number of benzene rings is 2. The van der Waals surface area contributed by atoms with E-state index in [2.05, 4.69) is 57.2 Å². The van der Waals surface area contributed by atoms with Crippen LogP contribution in [0.3, 0.4) is 0 Å². The standard InChI is InChI=1S/C30H40O5/c1-5-30(6-2,24-9-8-23(21(3)18-24)14-17-29(34)15-7-16-29)25-10-12-27(22(4)19-25)35-20-26(31)11-13-28(32)33/h8-10,12,14,17-19,26,31,34H,5-7,11,13,15-16,20H2,1-4H3,(H,32,33). The molecule has 1 fully saturated rings. The maximum atomic E-state index is 10.7. The first kappa shape index (κ1) is 27.0. The topological polar surface area (TPSA) is 87.0 Å². The minimum absolute atomic E-state index is 0.0729. The highest BCUT2D eigenvalue weighted by atomic mass is 16.5. The molecule has 1 saturated carbocycles. The molecule has 1 aliphatic carbocycles. The molecular weight excluding hydrogens is 440 g/mol. The van der Waals surface area contributed by atoms with Gasteiger partial charge in [0.25, 0.3) is 0 Å². The van der Waals surface area contributed by atoms with Crippen LogP contribution < -0.4 is 4.74 Å². The van der Waals surface area contributed by atoms with E-state index in [-0.39, 0.29) is 24.9 Å². The van der Waals surface area contributed by atoms with E-state index in [1.54, 1.807) is 0 Å². The summed E-state index contributed by atoms with van der Waals surface area (Å²) in [5.41, 5.74) is 5.06. The molecule has 5 nitrogen and oxygen atoms in total. The van der Waals surface area contributed by atoms with Gasteiger partial charge in [-0.1, -0.05) is 56.3 Å². The zero-order valence-electron chi connectivity index (χ0n) is 21.5. The molecule has 0 bridgehead atoms. The Morgan fingerprint density at radius 3 is 2.23 bits per heavy atom. The van der Waals surface area contributed by atoms with Gasteiger partial charge >= 0.3 is 5.97 Å². The number of aliphatic hydroxyl groups excluding tert-OH is 1. The van der Waals surface area contributed by atoms with Gasteiger partial charge in [-0.3, -0.25) is 4.79 Å². The minimum atomic E-state index is -0.921. The summed E-state index contributed by atoms with van der Waals surface area (Å²) in [6, 6.07) is 12.9. The first-order valence-corrected chi connectivity index (χ1v) is 12.8. The van der Waals surface area contributed by atoms with E-state index < -0.39 is 17.7 Å². The van der Waals surface area contributed by atoms with E-state index in [4.69, 9.17) is 9.84 Å². The molecule has 35 heavy (non-hydrogen) atoms. The lowest BCUT2D eigenvalue weighted by Gasteiger charge is -2.34. The van der Waals surface area contributed by atoms with Gasteiger partial charge in [-0.2, -0.15) is 0 Å². The van der Waals surface area contributed by atoms with Gasteiger partial charge in [0.15, 0.2) is 0 Å². The molecule has 0 saturated heterocycles. The van der Waals surface area contributed by atoms with E-state index >= 15 is 0 Å². The molecule has 0 heterocycles. The summed E-state index contributed by atoms with van der Waals surface area (Å²) in [6.45, 7) is 8.64. The molecule has 2 aromatic rings. The van der Waals surface area contributed by atoms with Crippen molar-refractivity contribution in [1.82, 2.24) is 0 Å². The minimum Gasteiger partial charge on any atom is -0.491 e. The highest BCUT2D eigenvalue weighted by molar-refractivity contribution is 5.66. The summed E-state index contributed by atoms with van der Waals surface area (Å²) in [5.74, 6) is -0.218. The monoisotopic (exact) mass is 480 g/mol. The summed E-state index contributed by atoms with van der Waals surface area (Å²) >= 11 is 0. The molecule has 3 N–H and O–H groups in total. The van der Waals surface area contributed by atoms with Crippen LogP contribution in [0, 0.1) is 13.8 Å². The number of carbonyl (C=O) groups is 1. The maximum Gasteiger partial charge on any atom is 0.303 e. The van der Waals surface area contributed by atoms with Gasteiger partial charge in [0.1, 0.15) is 12.4 Å². The summed E-state index contributed by atoms with van der Waals surface area (Å²) in [6.07, 6.45) is 7.96. The van der Waals surface area contributed by atoms with Crippen LogP contribution in [0.15, 0.2) is 42.5 Å². The molecule has 0 radical (unpaired) electrons. The lowest BCUT2D eigenvalue weighted by Crippen LogP contribution is -2.33. The van der Waals surface area contributed by atoms with Gasteiger partial charge in [-0.25, -0.2) is 0 Å². The SMILES string of the molecule is CCC(CC)(c1ccc(C=CC2(O)CCC2)c(C)c1)c1ccc(OCC(O)CCC(=O)O)c(C)c1. The predicted molar refractivity (Wildman–Crippen MR) is 140 cm³/mol. The molecule has 0 amide bonds. The van der Waals surface area contributed by atoms with Crippen molar-refractivity contribution in [2.24, 2.45) is 0 Å². The van der Waals surface area contributed by atoms with Gasteiger partial charge in [0, 0.05) is 11.8 Å². The second-order valence-corrected chi connectivity index (χ2v) is 10.0. The molecule has 3 rings (SSSR count). The molecule has 0 spiro atoms. The van der Waals surface area contributed by atoms with Crippen molar-refractivity contribution in [3.05, 3.63) is 70.3 Å². The molecular formula is C30H40O5. The molecule has 0 aliphatic heterocycles. The average molecular weight is 481 g/mol. The van der Waals surface area contributed by atoms with Crippen molar-refractivity contribution in [2.75, 3.05) is 6.61 Å². The zero-order chi connectivity index (χ0) is 25.6. The van der Waals surface area contributed by atoms with E-state index in [9.17, 15) is 15.0 Å².